The Balaban J connectivity index is 1.85. The average molecular weight is 289 g/mol. The van der Waals surface area contributed by atoms with E-state index >= 15 is 0 Å². The van der Waals surface area contributed by atoms with Crippen LogP contribution >= 0.6 is 27.3 Å². The van der Waals surface area contributed by atoms with Crippen LogP contribution in [0.1, 0.15) is 17.7 Å². The molecule has 0 amide bonds. The van der Waals surface area contributed by atoms with Crippen LogP contribution < -0.4 is 5.73 Å². The first kappa shape index (κ1) is 11.6. The van der Waals surface area contributed by atoms with Gasteiger partial charge in [-0.15, -0.1) is 11.3 Å². The van der Waals surface area contributed by atoms with E-state index in [1.165, 1.54) is 35.3 Å². The van der Waals surface area contributed by atoms with Crippen molar-refractivity contribution in [2.24, 2.45) is 11.7 Å². The minimum Gasteiger partial charge on any atom is -0.330 e. The maximum absolute atomic E-state index is 5.68. The number of hydrogen-bond donors (Lipinski definition) is 1. The third kappa shape index (κ3) is 3.03. The predicted octanol–water partition coefficient (Wildman–Crippen LogP) is 2.68. The van der Waals surface area contributed by atoms with E-state index in [9.17, 15) is 0 Å². The summed E-state index contributed by atoms with van der Waals surface area (Å²) >= 11 is 5.42. The van der Waals surface area contributed by atoms with Crippen molar-refractivity contribution >= 4 is 27.3 Å². The van der Waals surface area contributed by atoms with Gasteiger partial charge in [0.1, 0.15) is 0 Å². The molecule has 2 nitrogen and oxygen atoms in total. The minimum absolute atomic E-state index is 0.757. The maximum Gasteiger partial charge on any atom is 0.0339 e. The fourth-order valence-corrected chi connectivity index (χ4v) is 3.54. The molecule has 4 heteroatoms. The topological polar surface area (TPSA) is 29.3 Å². The largest absolute Gasteiger partial charge is 0.330 e. The Morgan fingerprint density at radius 1 is 1.47 bits per heavy atom. The van der Waals surface area contributed by atoms with Gasteiger partial charge in [-0.3, -0.25) is 4.90 Å². The highest BCUT2D eigenvalue weighted by Crippen LogP contribution is 2.26. The number of likely N-dealkylation sites (tertiary alicyclic amines) is 1. The van der Waals surface area contributed by atoms with Crippen LogP contribution in [0, 0.1) is 5.92 Å². The highest BCUT2D eigenvalue weighted by molar-refractivity contribution is 9.10. The second-order valence-electron chi connectivity index (χ2n) is 4.15. The van der Waals surface area contributed by atoms with Gasteiger partial charge >= 0.3 is 0 Å². The summed E-state index contributed by atoms with van der Waals surface area (Å²) in [5.41, 5.74) is 5.68. The Morgan fingerprint density at radius 2 is 2.20 bits per heavy atom. The molecular weight excluding hydrogens is 272 g/mol. The fourth-order valence-electron chi connectivity index (χ4n) is 2.02. The van der Waals surface area contributed by atoms with Gasteiger partial charge in [-0.05, 0) is 65.8 Å². The van der Waals surface area contributed by atoms with Crippen molar-refractivity contribution < 1.29 is 0 Å². The molecule has 0 aromatic carbocycles. The Hall–Kier alpha value is 0.100. The normalized spacial score (nSPS) is 19.6. The Morgan fingerprint density at radius 3 is 2.73 bits per heavy atom. The van der Waals surface area contributed by atoms with E-state index < -0.39 is 0 Å². The lowest BCUT2D eigenvalue weighted by Crippen LogP contribution is -2.35. The monoisotopic (exact) mass is 288 g/mol. The van der Waals surface area contributed by atoms with Gasteiger partial charge in [-0.1, -0.05) is 0 Å². The molecule has 0 aliphatic carbocycles. The summed E-state index contributed by atoms with van der Waals surface area (Å²) in [6, 6.07) is 2.13. The van der Waals surface area contributed by atoms with Gasteiger partial charge in [0, 0.05) is 15.9 Å². The lowest BCUT2D eigenvalue weighted by Gasteiger charge is -2.31. The van der Waals surface area contributed by atoms with E-state index in [0.29, 0.717) is 0 Å². The molecule has 2 N–H and O–H groups in total. The lowest BCUT2D eigenvalue weighted by molar-refractivity contribution is 0.181. The van der Waals surface area contributed by atoms with Crippen LogP contribution in [0.25, 0.3) is 0 Å². The standard InChI is InChI=1S/C11H17BrN2S/c12-10-3-6-15-11(10)8-14-4-1-9(7-13)2-5-14/h3,6,9H,1-2,4-5,7-8,13H2. The number of nitrogens with two attached hydrogens (primary N) is 1. The molecule has 15 heavy (non-hydrogen) atoms. The SMILES string of the molecule is NCC1CCN(Cc2sccc2Br)CC1. The van der Waals surface area contributed by atoms with Crippen LogP contribution in [0.3, 0.4) is 0 Å². The van der Waals surface area contributed by atoms with Crippen LogP contribution in [-0.2, 0) is 6.54 Å². The molecule has 0 atom stereocenters. The maximum atomic E-state index is 5.68. The van der Waals surface area contributed by atoms with Gasteiger partial charge in [0.05, 0.1) is 0 Å². The first-order chi connectivity index (χ1) is 7.29. The van der Waals surface area contributed by atoms with Crippen molar-refractivity contribution in [1.29, 1.82) is 0 Å². The summed E-state index contributed by atoms with van der Waals surface area (Å²) in [5, 5.41) is 2.14. The summed E-state index contributed by atoms with van der Waals surface area (Å²) in [7, 11) is 0. The molecule has 0 radical (unpaired) electrons. The molecule has 0 bridgehead atoms. The van der Waals surface area contributed by atoms with E-state index in [2.05, 4.69) is 32.3 Å². The Kier molecular flexibility index (Phi) is 4.20. The van der Waals surface area contributed by atoms with E-state index in [4.69, 9.17) is 5.73 Å². The number of piperidine rings is 1. The van der Waals surface area contributed by atoms with Crippen LogP contribution in [-0.4, -0.2) is 24.5 Å². The van der Waals surface area contributed by atoms with E-state index in [0.717, 1.165) is 19.0 Å². The van der Waals surface area contributed by atoms with Crippen LogP contribution in [0.5, 0.6) is 0 Å². The van der Waals surface area contributed by atoms with E-state index in [1.54, 1.807) is 0 Å². The molecule has 2 heterocycles. The number of hydrogen-bond acceptors (Lipinski definition) is 3. The molecule has 1 aromatic rings. The molecule has 1 fully saturated rings. The summed E-state index contributed by atoms with van der Waals surface area (Å²) in [6.07, 6.45) is 2.53. The summed E-state index contributed by atoms with van der Waals surface area (Å²) < 4.78 is 1.26. The van der Waals surface area contributed by atoms with Crippen molar-refractivity contribution in [3.8, 4) is 0 Å². The van der Waals surface area contributed by atoms with Crippen molar-refractivity contribution in [2.75, 3.05) is 19.6 Å². The van der Waals surface area contributed by atoms with Crippen molar-refractivity contribution in [3.63, 3.8) is 0 Å². The quantitative estimate of drug-likeness (QED) is 0.927. The molecule has 1 aliphatic rings. The van der Waals surface area contributed by atoms with E-state index in [-0.39, 0.29) is 0 Å². The zero-order chi connectivity index (χ0) is 10.7. The molecular formula is C11H17BrN2S. The highest BCUT2D eigenvalue weighted by atomic mass is 79.9. The van der Waals surface area contributed by atoms with Crippen molar-refractivity contribution in [1.82, 2.24) is 4.90 Å². The first-order valence-corrected chi connectivity index (χ1v) is 7.11. The third-order valence-electron chi connectivity index (χ3n) is 3.10. The van der Waals surface area contributed by atoms with Crippen molar-refractivity contribution in [3.05, 3.63) is 20.8 Å². The molecule has 0 saturated carbocycles. The molecule has 2 rings (SSSR count). The second kappa shape index (κ2) is 5.43. The zero-order valence-electron chi connectivity index (χ0n) is 8.79. The number of nitrogens with zero attached hydrogens (tertiary/aromatic N) is 1. The van der Waals surface area contributed by atoms with Crippen LogP contribution in [0.15, 0.2) is 15.9 Å². The molecule has 1 aromatic heterocycles. The summed E-state index contributed by atoms with van der Waals surface area (Å²) in [6.45, 7) is 4.35. The lowest BCUT2D eigenvalue weighted by atomic mass is 9.97. The van der Waals surface area contributed by atoms with Crippen molar-refractivity contribution in [2.45, 2.75) is 19.4 Å². The minimum atomic E-state index is 0.757. The van der Waals surface area contributed by atoms with Crippen LogP contribution in [0.2, 0.25) is 0 Å². The Labute approximate surface area is 104 Å². The van der Waals surface area contributed by atoms with Crippen LogP contribution in [0.4, 0.5) is 0 Å². The number of halogens is 1. The van der Waals surface area contributed by atoms with Gasteiger partial charge < -0.3 is 5.73 Å². The molecule has 1 saturated heterocycles. The Bertz CT molecular complexity index is 305. The smallest absolute Gasteiger partial charge is 0.0339 e. The number of rotatable bonds is 3. The summed E-state index contributed by atoms with van der Waals surface area (Å²) in [5.74, 6) is 0.757. The molecule has 0 spiro atoms. The summed E-state index contributed by atoms with van der Waals surface area (Å²) in [4.78, 5) is 3.98. The second-order valence-corrected chi connectivity index (χ2v) is 6.00. The predicted molar refractivity (Wildman–Crippen MR) is 69.1 cm³/mol. The third-order valence-corrected chi connectivity index (χ3v) is 5.01. The first-order valence-electron chi connectivity index (χ1n) is 5.44. The van der Waals surface area contributed by atoms with Gasteiger partial charge in [0.25, 0.3) is 0 Å². The zero-order valence-corrected chi connectivity index (χ0v) is 11.2. The fraction of sp³-hybridized carbons (Fsp3) is 0.636. The number of thiophene rings is 1. The molecule has 1 aliphatic heterocycles. The van der Waals surface area contributed by atoms with Gasteiger partial charge in [-0.25, -0.2) is 0 Å². The highest BCUT2D eigenvalue weighted by Gasteiger charge is 2.18. The van der Waals surface area contributed by atoms with Gasteiger partial charge in [-0.2, -0.15) is 0 Å². The van der Waals surface area contributed by atoms with Gasteiger partial charge in [0.2, 0.25) is 0 Å². The molecule has 84 valence electrons. The van der Waals surface area contributed by atoms with E-state index in [1.807, 2.05) is 11.3 Å². The van der Waals surface area contributed by atoms with Gasteiger partial charge in [0.15, 0.2) is 0 Å². The molecule has 0 unspecified atom stereocenters. The average Bonchev–Trinajstić information content (AvgIpc) is 2.66.